The highest BCUT2D eigenvalue weighted by molar-refractivity contribution is 4.98. The second-order valence-electron chi connectivity index (χ2n) is 5.79. The van der Waals surface area contributed by atoms with E-state index in [2.05, 4.69) is 26.8 Å². The van der Waals surface area contributed by atoms with E-state index in [0.29, 0.717) is 13.2 Å². The van der Waals surface area contributed by atoms with Crippen molar-refractivity contribution in [1.82, 2.24) is 0 Å². The number of hydrogen-bond donors (Lipinski definition) is 0. The fraction of sp³-hybridized carbons (Fsp3) is 0.882. The summed E-state index contributed by atoms with van der Waals surface area (Å²) in [6.07, 6.45) is 7.61. The maximum Gasteiger partial charge on any atom is 0.157 e. The van der Waals surface area contributed by atoms with Crippen LogP contribution in [-0.2, 0) is 14.2 Å². The van der Waals surface area contributed by atoms with Crippen molar-refractivity contribution < 1.29 is 14.2 Å². The highest BCUT2D eigenvalue weighted by atomic mass is 16.7. The van der Waals surface area contributed by atoms with Gasteiger partial charge in [0.2, 0.25) is 0 Å². The van der Waals surface area contributed by atoms with Crippen molar-refractivity contribution in [3.63, 3.8) is 0 Å². The van der Waals surface area contributed by atoms with E-state index in [0.717, 1.165) is 25.7 Å². The maximum atomic E-state index is 5.54. The topological polar surface area (TPSA) is 27.7 Å². The molecule has 0 heterocycles. The fourth-order valence-electron chi connectivity index (χ4n) is 2.05. The maximum absolute atomic E-state index is 5.54. The summed E-state index contributed by atoms with van der Waals surface area (Å²) < 4.78 is 16.5. The van der Waals surface area contributed by atoms with Crippen molar-refractivity contribution >= 4 is 0 Å². The Hall–Kier alpha value is -0.380. The minimum atomic E-state index is -0.0542. The molecule has 0 aromatic carbocycles. The second-order valence-corrected chi connectivity index (χ2v) is 5.79. The summed E-state index contributed by atoms with van der Waals surface area (Å²) in [5.41, 5.74) is 1.44. The Bertz CT molecular complexity index is 253. The summed E-state index contributed by atoms with van der Waals surface area (Å²) in [6, 6.07) is 0. The molecule has 0 N–H and O–H groups in total. The summed E-state index contributed by atoms with van der Waals surface area (Å²) in [5, 5.41) is 0. The molecule has 0 saturated heterocycles. The van der Waals surface area contributed by atoms with Gasteiger partial charge in [0.05, 0.1) is 5.60 Å². The van der Waals surface area contributed by atoms with Crippen LogP contribution in [0.4, 0.5) is 0 Å². The van der Waals surface area contributed by atoms with Crippen LogP contribution in [0.15, 0.2) is 11.6 Å². The van der Waals surface area contributed by atoms with Crippen LogP contribution in [0.3, 0.4) is 0 Å². The van der Waals surface area contributed by atoms with Crippen LogP contribution in [0.25, 0.3) is 0 Å². The number of allylic oxidation sites excluding steroid dienone is 2. The van der Waals surface area contributed by atoms with Crippen molar-refractivity contribution in [3.05, 3.63) is 11.6 Å². The summed E-state index contributed by atoms with van der Waals surface area (Å²) in [5.74, 6) is 0. The molecule has 0 aliphatic rings. The fourth-order valence-corrected chi connectivity index (χ4v) is 2.05. The lowest BCUT2D eigenvalue weighted by Gasteiger charge is -2.22. The second kappa shape index (κ2) is 11.3. The van der Waals surface area contributed by atoms with Crippen molar-refractivity contribution in [2.75, 3.05) is 20.3 Å². The van der Waals surface area contributed by atoms with Gasteiger partial charge >= 0.3 is 0 Å². The van der Waals surface area contributed by atoms with E-state index < -0.39 is 0 Å². The van der Waals surface area contributed by atoms with Gasteiger partial charge in [-0.15, -0.1) is 0 Å². The highest BCUT2D eigenvalue weighted by Crippen LogP contribution is 2.19. The minimum Gasteiger partial charge on any atom is -0.379 e. The van der Waals surface area contributed by atoms with Crippen molar-refractivity contribution in [2.45, 2.75) is 78.6 Å². The molecule has 0 aliphatic carbocycles. The molecule has 0 aliphatic heterocycles. The number of hydrogen-bond acceptors (Lipinski definition) is 3. The standard InChI is InChI=1S/C17H34O3/c1-7-19-16(20-8-2)13-9-11-15(3)12-10-14-17(4,5)18-6/h11,16H,7-10,12-14H2,1-6H3. The van der Waals surface area contributed by atoms with Gasteiger partial charge in [-0.05, 0) is 60.3 Å². The Morgan fingerprint density at radius 3 is 2.25 bits per heavy atom. The van der Waals surface area contributed by atoms with Crippen LogP contribution in [0.1, 0.15) is 66.7 Å². The summed E-state index contributed by atoms with van der Waals surface area (Å²) >= 11 is 0. The van der Waals surface area contributed by atoms with Gasteiger partial charge in [0.15, 0.2) is 6.29 Å². The first-order chi connectivity index (χ1) is 9.45. The van der Waals surface area contributed by atoms with Gasteiger partial charge in [0.25, 0.3) is 0 Å². The first-order valence-electron chi connectivity index (χ1n) is 7.89. The van der Waals surface area contributed by atoms with Crippen molar-refractivity contribution in [2.24, 2.45) is 0 Å². The van der Waals surface area contributed by atoms with Crippen LogP contribution in [0.5, 0.6) is 0 Å². The molecule has 0 saturated carbocycles. The first-order valence-corrected chi connectivity index (χ1v) is 7.89. The third-order valence-electron chi connectivity index (χ3n) is 3.50. The van der Waals surface area contributed by atoms with E-state index in [1.54, 1.807) is 7.11 Å². The minimum absolute atomic E-state index is 0.00466. The molecule has 3 nitrogen and oxygen atoms in total. The van der Waals surface area contributed by atoms with Gasteiger partial charge < -0.3 is 14.2 Å². The van der Waals surface area contributed by atoms with Gasteiger partial charge in [0.1, 0.15) is 0 Å². The number of methoxy groups -OCH3 is 1. The molecule has 0 amide bonds. The summed E-state index contributed by atoms with van der Waals surface area (Å²) in [7, 11) is 1.78. The predicted octanol–water partition coefficient (Wildman–Crippen LogP) is 4.71. The molecule has 20 heavy (non-hydrogen) atoms. The van der Waals surface area contributed by atoms with Crippen LogP contribution in [0, 0.1) is 0 Å². The lowest BCUT2D eigenvalue weighted by molar-refractivity contribution is -0.138. The molecular formula is C17H34O3. The van der Waals surface area contributed by atoms with E-state index in [1.807, 2.05) is 13.8 Å². The Morgan fingerprint density at radius 2 is 1.75 bits per heavy atom. The van der Waals surface area contributed by atoms with E-state index >= 15 is 0 Å². The van der Waals surface area contributed by atoms with Gasteiger partial charge in [0, 0.05) is 26.7 Å². The van der Waals surface area contributed by atoms with E-state index in [-0.39, 0.29) is 11.9 Å². The third kappa shape index (κ3) is 10.4. The Morgan fingerprint density at radius 1 is 1.15 bits per heavy atom. The molecule has 0 radical (unpaired) electrons. The van der Waals surface area contributed by atoms with Crippen molar-refractivity contribution in [1.29, 1.82) is 0 Å². The monoisotopic (exact) mass is 286 g/mol. The molecule has 0 aromatic heterocycles. The lowest BCUT2D eigenvalue weighted by atomic mass is 9.99. The largest absolute Gasteiger partial charge is 0.379 e. The smallest absolute Gasteiger partial charge is 0.157 e. The number of rotatable bonds is 12. The quantitative estimate of drug-likeness (QED) is 0.384. The first kappa shape index (κ1) is 19.6. The molecule has 0 fully saturated rings. The third-order valence-corrected chi connectivity index (χ3v) is 3.50. The van der Waals surface area contributed by atoms with E-state index in [4.69, 9.17) is 14.2 Å². The lowest BCUT2D eigenvalue weighted by Crippen LogP contribution is -2.21. The summed E-state index contributed by atoms with van der Waals surface area (Å²) in [4.78, 5) is 0. The average molecular weight is 286 g/mol. The van der Waals surface area contributed by atoms with E-state index in [1.165, 1.54) is 12.0 Å². The van der Waals surface area contributed by atoms with Gasteiger partial charge in [-0.2, -0.15) is 0 Å². The predicted molar refractivity (Wildman–Crippen MR) is 85.0 cm³/mol. The van der Waals surface area contributed by atoms with Gasteiger partial charge in [-0.1, -0.05) is 11.6 Å². The Kier molecular flexibility index (Phi) is 11.1. The zero-order chi connectivity index (χ0) is 15.4. The molecule has 0 aromatic rings. The molecule has 120 valence electrons. The molecule has 0 atom stereocenters. The zero-order valence-corrected chi connectivity index (χ0v) is 14.3. The SMILES string of the molecule is CCOC(CCC=C(C)CCCC(C)(C)OC)OCC. The van der Waals surface area contributed by atoms with Crippen LogP contribution >= 0.6 is 0 Å². The molecule has 0 spiro atoms. The molecule has 0 bridgehead atoms. The van der Waals surface area contributed by atoms with Crippen LogP contribution in [-0.4, -0.2) is 32.2 Å². The normalized spacial score (nSPS) is 13.2. The Balaban J connectivity index is 3.89. The van der Waals surface area contributed by atoms with Crippen molar-refractivity contribution in [3.8, 4) is 0 Å². The van der Waals surface area contributed by atoms with Crippen LogP contribution < -0.4 is 0 Å². The molecule has 0 rings (SSSR count). The van der Waals surface area contributed by atoms with Crippen LogP contribution in [0.2, 0.25) is 0 Å². The van der Waals surface area contributed by atoms with E-state index in [9.17, 15) is 0 Å². The number of ether oxygens (including phenoxy) is 3. The molecular weight excluding hydrogens is 252 g/mol. The zero-order valence-electron chi connectivity index (χ0n) is 14.3. The average Bonchev–Trinajstić information content (AvgIpc) is 2.39. The summed E-state index contributed by atoms with van der Waals surface area (Å²) in [6.45, 7) is 11.9. The molecule has 0 unspecified atom stereocenters. The van der Waals surface area contributed by atoms with Gasteiger partial charge in [-0.25, -0.2) is 0 Å². The Labute approximate surface area is 125 Å². The van der Waals surface area contributed by atoms with Gasteiger partial charge in [-0.3, -0.25) is 0 Å². The highest BCUT2D eigenvalue weighted by Gasteiger charge is 2.15. The molecule has 3 heteroatoms.